The Morgan fingerprint density at radius 1 is 0.792 bits per heavy atom. The molecule has 6 aromatic rings. The Morgan fingerprint density at radius 3 is 2.15 bits per heavy atom. The van der Waals surface area contributed by atoms with Gasteiger partial charge in [-0.25, -0.2) is 4.98 Å². The first-order valence-corrected chi connectivity index (χ1v) is 16.3. The number of ether oxygens (including phenoxy) is 1. The molecule has 2 aromatic heterocycles. The second-order valence-corrected chi connectivity index (χ2v) is 11.7. The van der Waals surface area contributed by atoms with Crippen LogP contribution in [-0.2, 0) is 22.6 Å². The molecule has 2 N–H and O–H groups in total. The van der Waals surface area contributed by atoms with Crippen LogP contribution >= 0.6 is 0 Å². The Balaban J connectivity index is 1.31. The first-order chi connectivity index (χ1) is 23.6. The highest BCUT2D eigenvalue weighted by molar-refractivity contribution is 5.91. The van der Waals surface area contributed by atoms with Crippen LogP contribution in [-0.4, -0.2) is 51.7 Å². The average Bonchev–Trinajstić information content (AvgIpc) is 3.57. The normalized spacial score (nSPS) is 13.0. The van der Waals surface area contributed by atoms with Gasteiger partial charge in [0.05, 0.1) is 18.9 Å². The summed E-state index contributed by atoms with van der Waals surface area (Å²) < 4.78 is 7.47. The van der Waals surface area contributed by atoms with E-state index in [4.69, 9.17) is 19.7 Å². The van der Waals surface area contributed by atoms with Gasteiger partial charge in [-0.05, 0) is 53.6 Å². The third-order valence-electron chi connectivity index (χ3n) is 8.34. The molecule has 1 amide bonds. The molecular weight excluding hydrogens is 600 g/mol. The number of benzene rings is 4. The van der Waals surface area contributed by atoms with Crippen molar-refractivity contribution in [3.8, 4) is 5.69 Å². The third kappa shape index (κ3) is 7.13. The number of rotatable bonds is 11. The molecule has 0 radical (unpaired) electrons. The van der Waals surface area contributed by atoms with E-state index in [2.05, 4.69) is 93.2 Å². The van der Waals surface area contributed by atoms with Crippen molar-refractivity contribution in [3.05, 3.63) is 127 Å². The van der Waals surface area contributed by atoms with Gasteiger partial charge in [0, 0.05) is 49.7 Å². The molecule has 0 aliphatic carbocycles. The summed E-state index contributed by atoms with van der Waals surface area (Å²) in [4.78, 5) is 31.8. The first kappa shape index (κ1) is 30.9. The summed E-state index contributed by atoms with van der Waals surface area (Å²) in [5, 5.41) is 6.43. The van der Waals surface area contributed by atoms with Gasteiger partial charge in [0.1, 0.15) is 6.33 Å². The quantitative estimate of drug-likeness (QED) is 0.157. The van der Waals surface area contributed by atoms with Crippen molar-refractivity contribution in [1.82, 2.24) is 19.5 Å². The van der Waals surface area contributed by atoms with Crippen molar-refractivity contribution in [1.29, 1.82) is 0 Å². The van der Waals surface area contributed by atoms with Crippen molar-refractivity contribution >= 4 is 45.9 Å². The molecule has 242 valence electrons. The summed E-state index contributed by atoms with van der Waals surface area (Å²) in [6.07, 6.45) is 2.17. The predicted octanol–water partition coefficient (Wildman–Crippen LogP) is 6.95. The number of hydrogen-bond acceptors (Lipinski definition) is 8. The van der Waals surface area contributed by atoms with Gasteiger partial charge in [-0.1, -0.05) is 73.7 Å². The van der Waals surface area contributed by atoms with Gasteiger partial charge in [0.25, 0.3) is 0 Å². The Bertz CT molecular complexity index is 1930. The maximum atomic E-state index is 12.2. The molecule has 0 unspecified atom stereocenters. The van der Waals surface area contributed by atoms with Crippen molar-refractivity contribution in [2.45, 2.75) is 26.4 Å². The molecule has 1 aliphatic rings. The van der Waals surface area contributed by atoms with Crippen LogP contribution in [0.3, 0.4) is 0 Å². The monoisotopic (exact) mass is 638 g/mol. The number of nitrogens with one attached hydrogen (secondary N) is 2. The summed E-state index contributed by atoms with van der Waals surface area (Å²) in [5.74, 6) is 1.13. The number of fused-ring (bicyclic) bond motifs is 1. The fraction of sp³-hybridized carbons (Fsp3) is 0.211. The van der Waals surface area contributed by atoms with E-state index < -0.39 is 0 Å². The molecule has 48 heavy (non-hydrogen) atoms. The number of carbonyl (C=O) groups is 1. The lowest BCUT2D eigenvalue weighted by Gasteiger charge is -2.29. The molecule has 1 aliphatic heterocycles. The van der Waals surface area contributed by atoms with Crippen LogP contribution in [0.2, 0.25) is 0 Å². The van der Waals surface area contributed by atoms with Gasteiger partial charge < -0.3 is 25.2 Å². The topological polar surface area (TPSA) is 100 Å². The Morgan fingerprint density at radius 2 is 1.48 bits per heavy atom. The average molecular weight is 639 g/mol. The third-order valence-corrected chi connectivity index (χ3v) is 8.34. The molecule has 0 saturated carbocycles. The minimum Gasteiger partial charge on any atom is -0.378 e. The zero-order chi connectivity index (χ0) is 32.7. The van der Waals surface area contributed by atoms with Gasteiger partial charge in [-0.2, -0.15) is 9.97 Å². The number of hydrogen-bond donors (Lipinski definition) is 2. The van der Waals surface area contributed by atoms with Crippen molar-refractivity contribution in [2.75, 3.05) is 46.7 Å². The number of aromatic nitrogens is 4. The first-order valence-electron chi connectivity index (χ1n) is 16.3. The Kier molecular flexibility index (Phi) is 9.24. The summed E-state index contributed by atoms with van der Waals surface area (Å²) in [7, 11) is 0. The van der Waals surface area contributed by atoms with Crippen molar-refractivity contribution < 1.29 is 9.53 Å². The van der Waals surface area contributed by atoms with Crippen molar-refractivity contribution in [3.63, 3.8) is 0 Å². The van der Waals surface area contributed by atoms with E-state index >= 15 is 0 Å². The number of morpholine rings is 1. The van der Waals surface area contributed by atoms with E-state index in [1.165, 1.54) is 0 Å². The second-order valence-electron chi connectivity index (χ2n) is 11.7. The van der Waals surface area contributed by atoms with Gasteiger partial charge in [0.15, 0.2) is 17.0 Å². The highest BCUT2D eigenvalue weighted by Crippen LogP contribution is 2.31. The number of carbonyl (C=O) groups excluding carboxylic acids is 1. The van der Waals surface area contributed by atoms with Crippen LogP contribution in [0.4, 0.5) is 28.8 Å². The standard InChI is InChI=1S/C38H38N8O2/c1-2-34(47)40-31-14-9-15-33(24-31)46-27-39-35-36(45(25-28-10-5-3-6-11-28)26-29-12-7-4-8-13-29)42-38(43-37(35)46)41-30-16-18-32(19-17-30)44-20-22-48-23-21-44/h3-19,24,27H,2,20-23,25-26H2,1H3,(H,40,47)(H,41,42,43). The van der Waals surface area contributed by atoms with Crippen molar-refractivity contribution in [2.24, 2.45) is 0 Å². The zero-order valence-corrected chi connectivity index (χ0v) is 26.9. The highest BCUT2D eigenvalue weighted by atomic mass is 16.5. The van der Waals surface area contributed by atoms with Crippen LogP contribution in [0.25, 0.3) is 16.9 Å². The van der Waals surface area contributed by atoms with E-state index in [0.717, 1.165) is 54.5 Å². The van der Waals surface area contributed by atoms with Crippen LogP contribution in [0.1, 0.15) is 24.5 Å². The summed E-state index contributed by atoms with van der Waals surface area (Å²) in [5.41, 5.74) is 7.23. The van der Waals surface area contributed by atoms with Crippen LogP contribution in [0, 0.1) is 0 Å². The number of anilines is 5. The predicted molar refractivity (Wildman–Crippen MR) is 191 cm³/mol. The molecule has 3 heterocycles. The maximum Gasteiger partial charge on any atom is 0.231 e. The summed E-state index contributed by atoms with van der Waals surface area (Å²) in [6.45, 7) is 6.31. The van der Waals surface area contributed by atoms with Gasteiger partial charge in [-0.15, -0.1) is 0 Å². The Hall–Kier alpha value is -5.74. The van der Waals surface area contributed by atoms with Gasteiger partial charge in [0.2, 0.25) is 11.9 Å². The summed E-state index contributed by atoms with van der Waals surface area (Å²) in [6, 6.07) is 36.8. The lowest BCUT2D eigenvalue weighted by molar-refractivity contribution is -0.115. The number of nitrogens with zero attached hydrogens (tertiary/aromatic N) is 6. The second kappa shape index (κ2) is 14.4. The largest absolute Gasteiger partial charge is 0.378 e. The molecule has 4 aromatic carbocycles. The van der Waals surface area contributed by atoms with Gasteiger partial charge >= 0.3 is 0 Å². The number of imidazole rings is 1. The van der Waals surface area contributed by atoms with Gasteiger partial charge in [-0.3, -0.25) is 9.36 Å². The van der Waals surface area contributed by atoms with E-state index in [9.17, 15) is 4.79 Å². The SMILES string of the molecule is CCC(=O)Nc1cccc(-n2cnc3c(N(Cc4ccccc4)Cc4ccccc4)nc(Nc4ccc(N5CCOCC5)cc4)nc32)c1. The zero-order valence-electron chi connectivity index (χ0n) is 26.9. The van der Waals surface area contributed by atoms with E-state index in [1.807, 2.05) is 47.9 Å². The fourth-order valence-electron chi connectivity index (χ4n) is 5.85. The van der Waals surface area contributed by atoms with E-state index in [0.29, 0.717) is 48.1 Å². The lowest BCUT2D eigenvalue weighted by Crippen LogP contribution is -2.36. The lowest BCUT2D eigenvalue weighted by atomic mass is 10.1. The van der Waals surface area contributed by atoms with E-state index in [1.54, 1.807) is 6.33 Å². The van der Waals surface area contributed by atoms with Crippen LogP contribution in [0.5, 0.6) is 0 Å². The molecular formula is C38H38N8O2. The minimum atomic E-state index is -0.0455. The number of amides is 1. The molecule has 0 bridgehead atoms. The fourth-order valence-corrected chi connectivity index (χ4v) is 5.85. The molecule has 1 saturated heterocycles. The molecule has 10 nitrogen and oxygen atoms in total. The van der Waals surface area contributed by atoms with E-state index in [-0.39, 0.29) is 5.91 Å². The molecule has 7 rings (SSSR count). The highest BCUT2D eigenvalue weighted by Gasteiger charge is 2.21. The molecule has 1 fully saturated rings. The smallest absolute Gasteiger partial charge is 0.231 e. The molecule has 0 spiro atoms. The molecule has 10 heteroatoms. The minimum absolute atomic E-state index is 0.0455. The molecule has 0 atom stereocenters. The van der Waals surface area contributed by atoms with Crippen LogP contribution in [0.15, 0.2) is 116 Å². The van der Waals surface area contributed by atoms with Crippen LogP contribution < -0.4 is 20.4 Å². The Labute approximate surface area is 280 Å². The summed E-state index contributed by atoms with van der Waals surface area (Å²) >= 11 is 0. The maximum absolute atomic E-state index is 12.2.